The van der Waals surface area contributed by atoms with E-state index in [9.17, 15) is 4.79 Å². The number of rotatable bonds is 9. The van der Waals surface area contributed by atoms with Crippen molar-refractivity contribution in [2.75, 3.05) is 20.3 Å². The van der Waals surface area contributed by atoms with Crippen LogP contribution in [0.1, 0.15) is 50.7 Å². The summed E-state index contributed by atoms with van der Waals surface area (Å²) >= 11 is 0. The van der Waals surface area contributed by atoms with Gasteiger partial charge in [-0.2, -0.15) is 0 Å². The van der Waals surface area contributed by atoms with Gasteiger partial charge in [-0.25, -0.2) is 0 Å². The Balaban J connectivity index is 2.23. The number of aryl methyl sites for hydroxylation is 1. The Labute approximate surface area is 145 Å². The van der Waals surface area contributed by atoms with Crippen LogP contribution in [0, 0.1) is 5.92 Å². The molecule has 2 aromatic rings. The Morgan fingerprint density at radius 1 is 1.33 bits per heavy atom. The van der Waals surface area contributed by atoms with Gasteiger partial charge in [0.1, 0.15) is 0 Å². The van der Waals surface area contributed by atoms with Crippen molar-refractivity contribution >= 4 is 16.8 Å². The number of para-hydroxylation sites is 1. The van der Waals surface area contributed by atoms with Gasteiger partial charge in [-0.05, 0) is 35.8 Å². The Kier molecular flexibility index (Phi) is 6.85. The van der Waals surface area contributed by atoms with Crippen LogP contribution in [-0.2, 0) is 16.0 Å². The third kappa shape index (κ3) is 4.60. The average molecular weight is 330 g/mol. The van der Waals surface area contributed by atoms with Crippen LogP contribution < -0.4 is 5.32 Å². The van der Waals surface area contributed by atoms with E-state index >= 15 is 0 Å². The minimum absolute atomic E-state index is 0.0960. The van der Waals surface area contributed by atoms with E-state index < -0.39 is 0 Å². The molecule has 1 amide bonds. The number of carbonyl (C=O) groups is 1. The number of hydrogen-bond acceptors (Lipinski definition) is 2. The topological polar surface area (TPSA) is 54.1 Å². The van der Waals surface area contributed by atoms with Crippen molar-refractivity contribution in [1.29, 1.82) is 0 Å². The van der Waals surface area contributed by atoms with Crippen molar-refractivity contribution in [1.82, 2.24) is 10.3 Å². The lowest BCUT2D eigenvalue weighted by atomic mass is 9.87. The van der Waals surface area contributed by atoms with Crippen LogP contribution in [-0.4, -0.2) is 31.2 Å². The smallest absolute Gasteiger partial charge is 0.220 e. The zero-order chi connectivity index (χ0) is 17.5. The number of carbonyl (C=O) groups excluding carboxylic acids is 1. The van der Waals surface area contributed by atoms with E-state index in [4.69, 9.17) is 4.74 Å². The highest BCUT2D eigenvalue weighted by molar-refractivity contribution is 5.87. The number of nitrogens with one attached hydrogen (secondary N) is 2. The minimum atomic E-state index is 0.0960. The number of fused-ring (bicyclic) bond motifs is 1. The summed E-state index contributed by atoms with van der Waals surface area (Å²) in [4.78, 5) is 15.7. The van der Waals surface area contributed by atoms with Crippen LogP contribution in [0.15, 0.2) is 24.4 Å². The molecule has 1 aromatic carbocycles. The largest absolute Gasteiger partial charge is 0.383 e. The lowest BCUT2D eigenvalue weighted by Gasteiger charge is -2.18. The van der Waals surface area contributed by atoms with Crippen LogP contribution in [0.5, 0.6) is 0 Å². The van der Waals surface area contributed by atoms with Gasteiger partial charge in [-0.3, -0.25) is 4.79 Å². The fourth-order valence-electron chi connectivity index (χ4n) is 3.35. The Bertz CT molecular complexity index is 661. The molecule has 2 rings (SSSR count). The standard InChI is InChI=1S/C20H30N2O2/c1-5-15-7-6-8-17-18(13-22-20(15)17)16(11-14(2)3)12-19(23)21-9-10-24-4/h6-8,13-14,16,22H,5,9-12H2,1-4H3,(H,21,23)/t16-/m0/s1. The summed E-state index contributed by atoms with van der Waals surface area (Å²) in [6.45, 7) is 7.71. The third-order valence-corrected chi connectivity index (χ3v) is 4.47. The molecule has 4 nitrogen and oxygen atoms in total. The maximum absolute atomic E-state index is 12.3. The van der Waals surface area contributed by atoms with Crippen LogP contribution in [0.4, 0.5) is 0 Å². The number of ether oxygens (including phenoxy) is 1. The van der Waals surface area contributed by atoms with Crippen LogP contribution in [0.2, 0.25) is 0 Å². The average Bonchev–Trinajstić information content (AvgIpc) is 2.98. The number of amides is 1. The van der Waals surface area contributed by atoms with E-state index in [1.165, 1.54) is 22.0 Å². The summed E-state index contributed by atoms with van der Waals surface area (Å²) in [7, 11) is 1.64. The van der Waals surface area contributed by atoms with Gasteiger partial charge in [0.15, 0.2) is 0 Å². The number of benzene rings is 1. The predicted octanol–water partition coefficient (Wildman–Crippen LogP) is 4.01. The molecule has 1 atom stereocenters. The number of methoxy groups -OCH3 is 1. The van der Waals surface area contributed by atoms with E-state index in [-0.39, 0.29) is 11.8 Å². The predicted molar refractivity (Wildman–Crippen MR) is 99.4 cm³/mol. The quantitative estimate of drug-likeness (QED) is 0.683. The zero-order valence-corrected chi connectivity index (χ0v) is 15.3. The monoisotopic (exact) mass is 330 g/mol. The molecule has 24 heavy (non-hydrogen) atoms. The molecule has 0 fully saturated rings. The van der Waals surface area contributed by atoms with Crippen molar-refractivity contribution in [3.05, 3.63) is 35.5 Å². The summed E-state index contributed by atoms with van der Waals surface area (Å²) in [5, 5.41) is 4.20. The SMILES string of the molecule is CCc1cccc2c([C@H](CC(=O)NCCOC)CC(C)C)c[nH]c12. The van der Waals surface area contributed by atoms with Gasteiger partial charge < -0.3 is 15.0 Å². The molecule has 1 heterocycles. The molecule has 0 spiro atoms. The third-order valence-electron chi connectivity index (χ3n) is 4.47. The minimum Gasteiger partial charge on any atom is -0.383 e. The summed E-state index contributed by atoms with van der Waals surface area (Å²) in [6.07, 6.45) is 4.62. The maximum Gasteiger partial charge on any atom is 0.220 e. The molecule has 0 radical (unpaired) electrons. The van der Waals surface area contributed by atoms with E-state index in [1.54, 1.807) is 7.11 Å². The molecule has 0 aliphatic heterocycles. The normalized spacial score (nSPS) is 12.7. The van der Waals surface area contributed by atoms with Gasteiger partial charge in [0.2, 0.25) is 5.91 Å². The Morgan fingerprint density at radius 3 is 2.79 bits per heavy atom. The molecule has 1 aromatic heterocycles. The van der Waals surface area contributed by atoms with Crippen molar-refractivity contribution in [3.63, 3.8) is 0 Å². The van der Waals surface area contributed by atoms with Gasteiger partial charge >= 0.3 is 0 Å². The second kappa shape index (κ2) is 8.88. The molecule has 0 bridgehead atoms. The highest BCUT2D eigenvalue weighted by Gasteiger charge is 2.21. The van der Waals surface area contributed by atoms with E-state index in [2.05, 4.69) is 55.5 Å². The molecule has 0 saturated carbocycles. The first-order valence-electron chi connectivity index (χ1n) is 8.91. The fraction of sp³-hybridized carbons (Fsp3) is 0.550. The van der Waals surface area contributed by atoms with Crippen LogP contribution in [0.25, 0.3) is 10.9 Å². The number of hydrogen-bond donors (Lipinski definition) is 2. The highest BCUT2D eigenvalue weighted by Crippen LogP contribution is 2.33. The van der Waals surface area contributed by atoms with Gasteiger partial charge in [0.25, 0.3) is 0 Å². The molecule has 2 N–H and O–H groups in total. The van der Waals surface area contributed by atoms with Crippen LogP contribution in [0.3, 0.4) is 0 Å². The van der Waals surface area contributed by atoms with Crippen LogP contribution >= 0.6 is 0 Å². The van der Waals surface area contributed by atoms with Gasteiger partial charge in [0.05, 0.1) is 6.61 Å². The van der Waals surface area contributed by atoms with Crippen molar-refractivity contribution < 1.29 is 9.53 Å². The molecular weight excluding hydrogens is 300 g/mol. The summed E-state index contributed by atoms with van der Waals surface area (Å²) in [5.41, 5.74) is 3.80. The second-order valence-corrected chi connectivity index (χ2v) is 6.81. The maximum atomic E-state index is 12.3. The zero-order valence-electron chi connectivity index (χ0n) is 15.3. The fourth-order valence-corrected chi connectivity index (χ4v) is 3.35. The Hall–Kier alpha value is -1.81. The highest BCUT2D eigenvalue weighted by atomic mass is 16.5. The van der Waals surface area contributed by atoms with E-state index in [1.807, 2.05) is 0 Å². The van der Waals surface area contributed by atoms with Crippen molar-refractivity contribution in [2.24, 2.45) is 5.92 Å². The number of aromatic amines is 1. The van der Waals surface area contributed by atoms with Crippen molar-refractivity contribution in [2.45, 2.75) is 46.0 Å². The van der Waals surface area contributed by atoms with Crippen molar-refractivity contribution in [3.8, 4) is 0 Å². The first-order valence-corrected chi connectivity index (χ1v) is 8.91. The first-order chi connectivity index (χ1) is 11.6. The summed E-state index contributed by atoms with van der Waals surface area (Å²) in [5.74, 6) is 0.869. The van der Waals surface area contributed by atoms with Gasteiger partial charge in [0, 0.05) is 37.2 Å². The lowest BCUT2D eigenvalue weighted by molar-refractivity contribution is -0.121. The van der Waals surface area contributed by atoms with Gasteiger partial charge in [-0.15, -0.1) is 0 Å². The molecule has 4 heteroatoms. The lowest BCUT2D eigenvalue weighted by Crippen LogP contribution is -2.28. The van der Waals surface area contributed by atoms with E-state index in [0.29, 0.717) is 25.5 Å². The van der Waals surface area contributed by atoms with Gasteiger partial charge in [-0.1, -0.05) is 39.0 Å². The molecular formula is C20H30N2O2. The number of aromatic nitrogens is 1. The second-order valence-electron chi connectivity index (χ2n) is 6.81. The molecule has 0 unspecified atom stereocenters. The summed E-state index contributed by atoms with van der Waals surface area (Å²) in [6, 6.07) is 6.44. The molecule has 0 aliphatic carbocycles. The summed E-state index contributed by atoms with van der Waals surface area (Å²) < 4.78 is 5.00. The molecule has 132 valence electrons. The van der Waals surface area contributed by atoms with E-state index in [0.717, 1.165) is 12.8 Å². The molecule has 0 saturated heterocycles. The molecule has 0 aliphatic rings. The Morgan fingerprint density at radius 2 is 2.12 bits per heavy atom. The number of H-pyrrole nitrogens is 1. The first kappa shape index (κ1) is 18.5.